The largest absolute Gasteiger partial charge is 0.463 e. The number of nitrogens with zero attached hydrogens (tertiary/aromatic N) is 2. The fourth-order valence-corrected chi connectivity index (χ4v) is 3.62. The summed E-state index contributed by atoms with van der Waals surface area (Å²) in [7, 11) is 0. The predicted molar refractivity (Wildman–Crippen MR) is 104 cm³/mol. The van der Waals surface area contributed by atoms with Gasteiger partial charge in [0.05, 0.1) is 12.3 Å². The van der Waals surface area contributed by atoms with Crippen LogP contribution in [0.25, 0.3) is 0 Å². The molecule has 130 valence electrons. The minimum absolute atomic E-state index is 0.102. The number of furan rings is 1. The van der Waals surface area contributed by atoms with E-state index in [0.717, 1.165) is 21.3 Å². The van der Waals surface area contributed by atoms with Crippen LogP contribution in [0.3, 0.4) is 0 Å². The van der Waals surface area contributed by atoms with Crippen molar-refractivity contribution in [2.45, 2.75) is 19.4 Å². The van der Waals surface area contributed by atoms with Crippen LogP contribution in [0.1, 0.15) is 39.7 Å². The molecule has 5 heteroatoms. The van der Waals surface area contributed by atoms with Gasteiger partial charge in [-0.1, -0.05) is 46.3 Å². The number of carbonyl (C=O) groups is 1. The molecule has 0 saturated carbocycles. The van der Waals surface area contributed by atoms with Gasteiger partial charge in [0.25, 0.3) is 5.91 Å². The molecule has 4 rings (SSSR count). The Bertz CT molecular complexity index is 979. The SMILES string of the molecule is Cc1ccccc1C(=O)N1N=C(c2ccco2)C[C@H]1c1cccc(Br)c1. The third-order valence-electron chi connectivity index (χ3n) is 4.53. The summed E-state index contributed by atoms with van der Waals surface area (Å²) in [5.41, 5.74) is 3.41. The monoisotopic (exact) mass is 408 g/mol. The maximum atomic E-state index is 13.2. The van der Waals surface area contributed by atoms with Crippen LogP contribution in [0.5, 0.6) is 0 Å². The standard InChI is InChI=1S/C21H17BrN2O2/c1-14-6-2-3-9-17(14)21(25)24-19(15-7-4-8-16(22)12-15)13-18(23-24)20-10-5-11-26-20/h2-12,19H,13H2,1H3/t19-/m0/s1. The first kappa shape index (κ1) is 16.8. The Morgan fingerprint density at radius 1 is 1.15 bits per heavy atom. The molecular weight excluding hydrogens is 392 g/mol. The number of hydrogen-bond donors (Lipinski definition) is 0. The molecule has 26 heavy (non-hydrogen) atoms. The molecule has 1 aromatic heterocycles. The van der Waals surface area contributed by atoms with Crippen molar-refractivity contribution < 1.29 is 9.21 Å². The number of aryl methyl sites for hydroxylation is 1. The molecule has 0 radical (unpaired) electrons. The molecule has 1 amide bonds. The van der Waals surface area contributed by atoms with Crippen molar-refractivity contribution in [2.24, 2.45) is 5.10 Å². The molecular formula is C21H17BrN2O2. The highest BCUT2D eigenvalue weighted by Crippen LogP contribution is 2.35. The molecule has 0 fully saturated rings. The summed E-state index contributed by atoms with van der Waals surface area (Å²) < 4.78 is 6.48. The molecule has 4 nitrogen and oxygen atoms in total. The first-order valence-corrected chi connectivity index (χ1v) is 9.19. The molecule has 3 aromatic rings. The molecule has 1 aliphatic heterocycles. The van der Waals surface area contributed by atoms with Crippen LogP contribution in [0.15, 0.2) is 80.9 Å². The first-order valence-electron chi connectivity index (χ1n) is 8.39. The van der Waals surface area contributed by atoms with E-state index >= 15 is 0 Å². The molecule has 2 aromatic carbocycles. The molecule has 0 aliphatic carbocycles. The maximum Gasteiger partial charge on any atom is 0.274 e. The summed E-state index contributed by atoms with van der Waals surface area (Å²) >= 11 is 3.52. The van der Waals surface area contributed by atoms with Crippen LogP contribution in [-0.4, -0.2) is 16.6 Å². The van der Waals surface area contributed by atoms with Gasteiger partial charge in [0.2, 0.25) is 0 Å². The summed E-state index contributed by atoms with van der Waals surface area (Å²) in [5.74, 6) is 0.597. The average Bonchev–Trinajstić information content (AvgIpc) is 3.31. The zero-order chi connectivity index (χ0) is 18.1. The molecule has 1 atom stereocenters. The highest BCUT2D eigenvalue weighted by molar-refractivity contribution is 9.10. The minimum Gasteiger partial charge on any atom is -0.463 e. The van der Waals surface area contributed by atoms with E-state index in [1.54, 1.807) is 11.3 Å². The van der Waals surface area contributed by atoms with Crippen molar-refractivity contribution in [3.8, 4) is 0 Å². The lowest BCUT2D eigenvalue weighted by atomic mass is 10.00. The lowest BCUT2D eigenvalue weighted by molar-refractivity contribution is 0.0710. The van der Waals surface area contributed by atoms with Gasteiger partial charge in [-0.05, 0) is 48.4 Å². The lowest BCUT2D eigenvalue weighted by Gasteiger charge is -2.23. The van der Waals surface area contributed by atoms with Gasteiger partial charge in [0.15, 0.2) is 0 Å². The number of hydrazone groups is 1. The molecule has 0 saturated heterocycles. The summed E-state index contributed by atoms with van der Waals surface area (Å²) in [6.07, 6.45) is 2.24. The summed E-state index contributed by atoms with van der Waals surface area (Å²) in [6.45, 7) is 1.94. The summed E-state index contributed by atoms with van der Waals surface area (Å²) in [5, 5.41) is 6.21. The second-order valence-electron chi connectivity index (χ2n) is 6.26. The number of halogens is 1. The average molecular weight is 409 g/mol. The van der Waals surface area contributed by atoms with Gasteiger partial charge in [-0.25, -0.2) is 5.01 Å². The van der Waals surface area contributed by atoms with E-state index < -0.39 is 0 Å². The zero-order valence-corrected chi connectivity index (χ0v) is 15.8. The number of hydrogen-bond acceptors (Lipinski definition) is 3. The van der Waals surface area contributed by atoms with Crippen LogP contribution in [0.2, 0.25) is 0 Å². The highest BCUT2D eigenvalue weighted by Gasteiger charge is 2.35. The second-order valence-corrected chi connectivity index (χ2v) is 7.18. The molecule has 0 N–H and O–H groups in total. The Balaban J connectivity index is 1.76. The van der Waals surface area contributed by atoms with Crippen molar-refractivity contribution in [1.82, 2.24) is 5.01 Å². The van der Waals surface area contributed by atoms with Gasteiger partial charge in [-0.2, -0.15) is 5.10 Å². The van der Waals surface area contributed by atoms with E-state index in [-0.39, 0.29) is 11.9 Å². The Morgan fingerprint density at radius 3 is 2.73 bits per heavy atom. The van der Waals surface area contributed by atoms with Crippen molar-refractivity contribution in [2.75, 3.05) is 0 Å². The minimum atomic E-state index is -0.167. The Hall–Kier alpha value is -2.66. The molecule has 2 heterocycles. The number of rotatable bonds is 3. The van der Waals surface area contributed by atoms with Gasteiger partial charge in [0.1, 0.15) is 11.5 Å². The Kier molecular flexibility index (Phi) is 4.47. The normalized spacial score (nSPS) is 16.6. The van der Waals surface area contributed by atoms with E-state index in [2.05, 4.69) is 21.0 Å². The number of amides is 1. The molecule has 0 spiro atoms. The fourth-order valence-electron chi connectivity index (χ4n) is 3.20. The van der Waals surface area contributed by atoms with Crippen molar-refractivity contribution in [1.29, 1.82) is 0 Å². The third-order valence-corrected chi connectivity index (χ3v) is 5.03. The van der Waals surface area contributed by atoms with Crippen LogP contribution < -0.4 is 0 Å². The summed E-state index contributed by atoms with van der Waals surface area (Å²) in [4.78, 5) is 13.2. The summed E-state index contributed by atoms with van der Waals surface area (Å²) in [6, 6.07) is 19.1. The maximum absolute atomic E-state index is 13.2. The van der Waals surface area contributed by atoms with Gasteiger partial charge in [-0.3, -0.25) is 4.79 Å². The fraction of sp³-hybridized carbons (Fsp3) is 0.143. The van der Waals surface area contributed by atoms with Gasteiger partial charge in [-0.15, -0.1) is 0 Å². The van der Waals surface area contributed by atoms with Crippen LogP contribution in [0.4, 0.5) is 0 Å². The van der Waals surface area contributed by atoms with Gasteiger partial charge >= 0.3 is 0 Å². The zero-order valence-electron chi connectivity index (χ0n) is 14.2. The second kappa shape index (κ2) is 6.92. The smallest absolute Gasteiger partial charge is 0.274 e. The Labute approximate surface area is 160 Å². The third kappa shape index (κ3) is 3.10. The number of carbonyl (C=O) groups excluding carboxylic acids is 1. The van der Waals surface area contributed by atoms with Crippen LogP contribution in [0, 0.1) is 6.92 Å². The van der Waals surface area contributed by atoms with Crippen molar-refractivity contribution >= 4 is 27.5 Å². The number of benzene rings is 2. The lowest BCUT2D eigenvalue weighted by Crippen LogP contribution is -2.27. The molecule has 1 aliphatic rings. The topological polar surface area (TPSA) is 45.8 Å². The van der Waals surface area contributed by atoms with E-state index in [0.29, 0.717) is 17.7 Å². The van der Waals surface area contributed by atoms with Crippen molar-refractivity contribution in [3.05, 3.63) is 93.9 Å². The van der Waals surface area contributed by atoms with Crippen molar-refractivity contribution in [3.63, 3.8) is 0 Å². The van der Waals surface area contributed by atoms with E-state index in [1.807, 2.05) is 67.6 Å². The first-order chi connectivity index (χ1) is 12.6. The Morgan fingerprint density at radius 2 is 2.00 bits per heavy atom. The molecule has 0 bridgehead atoms. The predicted octanol–water partition coefficient (Wildman–Crippen LogP) is 5.34. The van der Waals surface area contributed by atoms with Gasteiger partial charge in [0, 0.05) is 16.5 Å². The van der Waals surface area contributed by atoms with E-state index in [1.165, 1.54) is 0 Å². The van der Waals surface area contributed by atoms with E-state index in [9.17, 15) is 4.79 Å². The van der Waals surface area contributed by atoms with E-state index in [4.69, 9.17) is 4.42 Å². The quantitative estimate of drug-likeness (QED) is 0.586. The van der Waals surface area contributed by atoms with Crippen LogP contribution in [-0.2, 0) is 0 Å². The molecule has 0 unspecified atom stereocenters. The van der Waals surface area contributed by atoms with Gasteiger partial charge < -0.3 is 4.42 Å². The highest BCUT2D eigenvalue weighted by atomic mass is 79.9. The van der Waals surface area contributed by atoms with Crippen LogP contribution >= 0.6 is 15.9 Å².